The van der Waals surface area contributed by atoms with Crippen molar-refractivity contribution >= 4 is 27.3 Å². The van der Waals surface area contributed by atoms with Gasteiger partial charge in [-0.05, 0) is 24.6 Å². The minimum absolute atomic E-state index is 1.05. The molecular weight excluding hydrogens is 276 g/mol. The third-order valence-electron chi connectivity index (χ3n) is 2.79. The monoisotopic (exact) mass is 298 g/mol. The maximum absolute atomic E-state index is 3.52. The number of halogens is 1. The Kier molecular flexibility index (Phi) is 6.41. The number of anilines is 2. The lowest BCUT2D eigenvalue weighted by atomic mass is 10.2. The molecule has 1 aromatic rings. The molecule has 0 fully saturated rings. The summed E-state index contributed by atoms with van der Waals surface area (Å²) in [6.45, 7) is 3.29. The predicted octanol–water partition coefficient (Wildman–Crippen LogP) is 4.51. The molecule has 0 atom stereocenters. The number of unbranched alkanes of at least 4 members (excludes halogenated alkanes) is 3. The van der Waals surface area contributed by atoms with Crippen LogP contribution in [0.15, 0.2) is 22.7 Å². The summed E-state index contributed by atoms with van der Waals surface area (Å²) in [6.07, 6.45) is 5.18. The first kappa shape index (κ1) is 14.4. The fourth-order valence-electron chi connectivity index (χ4n) is 1.81. The van der Waals surface area contributed by atoms with Gasteiger partial charge in [0.05, 0.1) is 11.4 Å². The van der Waals surface area contributed by atoms with E-state index in [0.717, 1.165) is 11.0 Å². The molecule has 0 aliphatic carbocycles. The molecule has 1 N–H and O–H groups in total. The Balaban J connectivity index is 2.53. The van der Waals surface area contributed by atoms with Crippen molar-refractivity contribution in [3.8, 4) is 0 Å². The van der Waals surface area contributed by atoms with Crippen LogP contribution in [0.2, 0.25) is 0 Å². The molecule has 0 radical (unpaired) electrons. The first-order chi connectivity index (χ1) is 8.15. The second-order valence-corrected chi connectivity index (χ2v) is 5.46. The van der Waals surface area contributed by atoms with Gasteiger partial charge in [-0.2, -0.15) is 0 Å². The van der Waals surface area contributed by atoms with E-state index in [4.69, 9.17) is 0 Å². The Morgan fingerprint density at radius 3 is 2.59 bits per heavy atom. The number of hydrogen-bond acceptors (Lipinski definition) is 2. The molecule has 1 aromatic carbocycles. The van der Waals surface area contributed by atoms with Crippen LogP contribution >= 0.6 is 15.9 Å². The Morgan fingerprint density at radius 1 is 1.18 bits per heavy atom. The molecule has 0 saturated carbocycles. The maximum atomic E-state index is 3.52. The largest absolute Gasteiger partial charge is 0.383 e. The van der Waals surface area contributed by atoms with Crippen LogP contribution in [0.1, 0.15) is 32.6 Å². The van der Waals surface area contributed by atoms with Gasteiger partial charge >= 0.3 is 0 Å². The fourth-order valence-corrected chi connectivity index (χ4v) is 2.18. The highest BCUT2D eigenvalue weighted by atomic mass is 79.9. The summed E-state index contributed by atoms with van der Waals surface area (Å²) in [7, 11) is 4.15. The highest BCUT2D eigenvalue weighted by Crippen LogP contribution is 2.27. The van der Waals surface area contributed by atoms with Gasteiger partial charge in [-0.3, -0.25) is 0 Å². The van der Waals surface area contributed by atoms with Crippen LogP contribution in [0.3, 0.4) is 0 Å². The smallest absolute Gasteiger partial charge is 0.0597 e. The number of rotatable bonds is 7. The van der Waals surface area contributed by atoms with Crippen molar-refractivity contribution in [2.45, 2.75) is 32.6 Å². The molecule has 0 aromatic heterocycles. The summed E-state index contributed by atoms with van der Waals surface area (Å²) < 4.78 is 1.12. The van der Waals surface area contributed by atoms with Crippen LogP contribution < -0.4 is 10.2 Å². The van der Waals surface area contributed by atoms with Gasteiger partial charge in [-0.1, -0.05) is 42.1 Å². The highest BCUT2D eigenvalue weighted by molar-refractivity contribution is 9.10. The third-order valence-corrected chi connectivity index (χ3v) is 3.28. The molecule has 0 saturated heterocycles. The van der Waals surface area contributed by atoms with Crippen molar-refractivity contribution in [2.24, 2.45) is 0 Å². The van der Waals surface area contributed by atoms with E-state index in [2.05, 4.69) is 65.4 Å². The van der Waals surface area contributed by atoms with Crippen LogP contribution in [-0.4, -0.2) is 20.6 Å². The Hall–Kier alpha value is -0.700. The van der Waals surface area contributed by atoms with Crippen LogP contribution in [0.5, 0.6) is 0 Å². The van der Waals surface area contributed by atoms with E-state index >= 15 is 0 Å². The van der Waals surface area contributed by atoms with Gasteiger partial charge in [0.2, 0.25) is 0 Å². The first-order valence-corrected chi connectivity index (χ1v) is 7.15. The van der Waals surface area contributed by atoms with Crippen molar-refractivity contribution in [1.82, 2.24) is 0 Å². The molecule has 0 amide bonds. The summed E-state index contributed by atoms with van der Waals surface area (Å²) in [5.74, 6) is 0. The summed E-state index contributed by atoms with van der Waals surface area (Å²) >= 11 is 3.52. The van der Waals surface area contributed by atoms with E-state index in [1.54, 1.807) is 0 Å². The van der Waals surface area contributed by atoms with E-state index in [0.29, 0.717) is 0 Å². The number of benzene rings is 1. The Bertz CT molecular complexity index is 337. The zero-order valence-electron chi connectivity index (χ0n) is 11.1. The maximum Gasteiger partial charge on any atom is 0.0597 e. The van der Waals surface area contributed by atoms with E-state index in [-0.39, 0.29) is 0 Å². The summed E-state index contributed by atoms with van der Waals surface area (Å²) in [5.41, 5.74) is 2.45. The van der Waals surface area contributed by atoms with Gasteiger partial charge in [0.25, 0.3) is 0 Å². The zero-order valence-corrected chi connectivity index (χ0v) is 12.7. The second-order valence-electron chi connectivity index (χ2n) is 4.54. The zero-order chi connectivity index (χ0) is 12.7. The quantitative estimate of drug-likeness (QED) is 0.745. The second kappa shape index (κ2) is 7.59. The van der Waals surface area contributed by atoms with Crippen LogP contribution in [0.4, 0.5) is 11.4 Å². The molecule has 0 aliphatic heterocycles. The van der Waals surface area contributed by atoms with Gasteiger partial charge in [0.15, 0.2) is 0 Å². The van der Waals surface area contributed by atoms with E-state index in [1.165, 1.54) is 37.1 Å². The SMILES string of the molecule is CCCCCCNc1cc(Br)ccc1N(C)C. The van der Waals surface area contributed by atoms with Crippen molar-refractivity contribution < 1.29 is 0 Å². The fraction of sp³-hybridized carbons (Fsp3) is 0.571. The minimum Gasteiger partial charge on any atom is -0.383 e. The van der Waals surface area contributed by atoms with Crippen molar-refractivity contribution in [2.75, 3.05) is 30.9 Å². The van der Waals surface area contributed by atoms with Gasteiger partial charge in [-0.25, -0.2) is 0 Å². The molecule has 0 spiro atoms. The van der Waals surface area contributed by atoms with Gasteiger partial charge < -0.3 is 10.2 Å². The molecule has 3 heteroatoms. The van der Waals surface area contributed by atoms with Crippen LogP contribution in [-0.2, 0) is 0 Å². The number of nitrogens with zero attached hydrogens (tertiary/aromatic N) is 1. The predicted molar refractivity (Wildman–Crippen MR) is 81.1 cm³/mol. The van der Waals surface area contributed by atoms with Gasteiger partial charge in [0.1, 0.15) is 0 Å². The van der Waals surface area contributed by atoms with Crippen LogP contribution in [0, 0.1) is 0 Å². The molecule has 0 unspecified atom stereocenters. The summed E-state index contributed by atoms with van der Waals surface area (Å²) in [5, 5.41) is 3.52. The standard InChI is InChI=1S/C14H23BrN2/c1-4-5-6-7-10-16-13-11-12(15)8-9-14(13)17(2)3/h8-9,11,16H,4-7,10H2,1-3H3. The number of nitrogens with one attached hydrogen (secondary N) is 1. The van der Waals surface area contributed by atoms with Gasteiger partial charge in [-0.15, -0.1) is 0 Å². The van der Waals surface area contributed by atoms with E-state index in [9.17, 15) is 0 Å². The molecule has 1 rings (SSSR count). The molecule has 0 aliphatic rings. The van der Waals surface area contributed by atoms with Gasteiger partial charge in [0, 0.05) is 25.1 Å². The summed E-state index contributed by atoms with van der Waals surface area (Å²) in [6, 6.07) is 6.37. The normalized spacial score (nSPS) is 10.4. The lowest BCUT2D eigenvalue weighted by Gasteiger charge is -2.18. The van der Waals surface area contributed by atoms with Crippen molar-refractivity contribution in [1.29, 1.82) is 0 Å². The minimum atomic E-state index is 1.05. The molecule has 0 bridgehead atoms. The average molecular weight is 299 g/mol. The van der Waals surface area contributed by atoms with E-state index < -0.39 is 0 Å². The van der Waals surface area contributed by atoms with E-state index in [1.807, 2.05) is 0 Å². The van der Waals surface area contributed by atoms with Crippen LogP contribution in [0.25, 0.3) is 0 Å². The Labute approximate surface area is 114 Å². The highest BCUT2D eigenvalue weighted by Gasteiger charge is 2.04. The van der Waals surface area contributed by atoms with Crippen molar-refractivity contribution in [3.63, 3.8) is 0 Å². The van der Waals surface area contributed by atoms with Crippen molar-refractivity contribution in [3.05, 3.63) is 22.7 Å². The lowest BCUT2D eigenvalue weighted by Crippen LogP contribution is -2.12. The molecule has 17 heavy (non-hydrogen) atoms. The summed E-state index contributed by atoms with van der Waals surface area (Å²) in [4.78, 5) is 2.14. The lowest BCUT2D eigenvalue weighted by molar-refractivity contribution is 0.685. The molecular formula is C14H23BrN2. The average Bonchev–Trinajstić information content (AvgIpc) is 2.28. The molecule has 96 valence electrons. The molecule has 0 heterocycles. The third kappa shape index (κ3) is 4.99. The Morgan fingerprint density at radius 2 is 1.94 bits per heavy atom. The topological polar surface area (TPSA) is 15.3 Å². The molecule has 2 nitrogen and oxygen atoms in total. The number of hydrogen-bond donors (Lipinski definition) is 1. The first-order valence-electron chi connectivity index (χ1n) is 6.36.